The van der Waals surface area contributed by atoms with Gasteiger partial charge in [-0.3, -0.25) is 9.59 Å². The minimum absolute atomic E-state index is 0.0354. The summed E-state index contributed by atoms with van der Waals surface area (Å²) in [6.45, 7) is 9.70. The van der Waals surface area contributed by atoms with Crippen LogP contribution < -0.4 is 14.2 Å². The quantitative estimate of drug-likeness (QED) is 0.185. The summed E-state index contributed by atoms with van der Waals surface area (Å²) in [6.07, 6.45) is 2.51. The van der Waals surface area contributed by atoms with E-state index < -0.39 is 17.7 Å². The summed E-state index contributed by atoms with van der Waals surface area (Å²) in [7, 11) is 3.79. The van der Waals surface area contributed by atoms with Crippen molar-refractivity contribution in [1.82, 2.24) is 9.80 Å². The van der Waals surface area contributed by atoms with E-state index in [1.54, 1.807) is 48.5 Å². The van der Waals surface area contributed by atoms with E-state index >= 15 is 0 Å². The van der Waals surface area contributed by atoms with E-state index in [2.05, 4.69) is 6.58 Å². The molecule has 0 spiro atoms. The van der Waals surface area contributed by atoms with Crippen LogP contribution in [0.3, 0.4) is 0 Å². The number of aliphatic hydroxyl groups is 1. The van der Waals surface area contributed by atoms with Crippen molar-refractivity contribution in [2.45, 2.75) is 26.3 Å². The summed E-state index contributed by atoms with van der Waals surface area (Å²) < 4.78 is 17.1. The van der Waals surface area contributed by atoms with Gasteiger partial charge in [-0.05, 0) is 69.4 Å². The van der Waals surface area contributed by atoms with Crippen LogP contribution >= 0.6 is 0 Å². The highest BCUT2D eigenvalue weighted by atomic mass is 16.5. The van der Waals surface area contributed by atoms with Gasteiger partial charge in [-0.15, -0.1) is 0 Å². The molecule has 1 saturated heterocycles. The Hall–Kier alpha value is -3.78. The minimum Gasteiger partial charge on any atom is -0.507 e. The van der Waals surface area contributed by atoms with Gasteiger partial charge >= 0.3 is 0 Å². The van der Waals surface area contributed by atoms with Gasteiger partial charge in [0.2, 0.25) is 0 Å². The molecule has 198 valence electrons. The lowest BCUT2D eigenvalue weighted by Gasteiger charge is -2.27. The van der Waals surface area contributed by atoms with Gasteiger partial charge in [0.05, 0.1) is 24.8 Å². The molecule has 2 aromatic carbocycles. The first-order valence-corrected chi connectivity index (χ1v) is 12.5. The van der Waals surface area contributed by atoms with E-state index in [1.807, 2.05) is 32.8 Å². The standard InChI is InChI=1S/C29H36N2O6/c1-6-17-36-22-12-9-20(10-13-22)27(32)25-26(31(16-15-30(4)5)29(34)28(25)33)21-11-14-23(37-18-7-2)24(19-21)35-8-3/h7,9-14,19,26,32H,2,6,8,15-18H2,1,3-5H3/b27-25+. The lowest BCUT2D eigenvalue weighted by molar-refractivity contribution is -0.140. The molecule has 0 aliphatic carbocycles. The number of rotatable bonds is 13. The van der Waals surface area contributed by atoms with Crippen LogP contribution in [0.2, 0.25) is 0 Å². The maximum atomic E-state index is 13.3. The highest BCUT2D eigenvalue weighted by molar-refractivity contribution is 6.46. The van der Waals surface area contributed by atoms with Crippen LogP contribution in [0.15, 0.2) is 60.7 Å². The number of Topliss-reactive ketones (excluding diaryl/α,β-unsaturated/α-hetero) is 1. The van der Waals surface area contributed by atoms with Crippen LogP contribution in [0.4, 0.5) is 0 Å². The Morgan fingerprint density at radius 1 is 1.05 bits per heavy atom. The van der Waals surface area contributed by atoms with Gasteiger partial charge in [-0.1, -0.05) is 25.6 Å². The molecule has 0 aromatic heterocycles. The summed E-state index contributed by atoms with van der Waals surface area (Å²) in [5.74, 6) is 0.0650. The number of benzene rings is 2. The van der Waals surface area contributed by atoms with Crippen molar-refractivity contribution >= 4 is 17.4 Å². The molecule has 1 aliphatic heterocycles. The number of amides is 1. The summed E-state index contributed by atoms with van der Waals surface area (Å²) in [5.41, 5.74) is 1.10. The third-order valence-electron chi connectivity index (χ3n) is 5.87. The molecule has 1 aliphatic rings. The summed E-state index contributed by atoms with van der Waals surface area (Å²) in [5, 5.41) is 11.3. The minimum atomic E-state index is -0.788. The van der Waals surface area contributed by atoms with Crippen LogP contribution in [-0.2, 0) is 9.59 Å². The third-order valence-corrected chi connectivity index (χ3v) is 5.87. The SMILES string of the molecule is C=CCOc1ccc(C2/C(=C(\O)c3ccc(OCCC)cc3)C(=O)C(=O)N2CCN(C)C)cc1OCC. The van der Waals surface area contributed by atoms with E-state index in [9.17, 15) is 14.7 Å². The van der Waals surface area contributed by atoms with Crippen molar-refractivity contribution in [3.05, 3.63) is 71.8 Å². The molecule has 2 aromatic rings. The monoisotopic (exact) mass is 508 g/mol. The molecular formula is C29H36N2O6. The van der Waals surface area contributed by atoms with E-state index in [0.29, 0.717) is 61.3 Å². The molecule has 8 nitrogen and oxygen atoms in total. The molecule has 0 saturated carbocycles. The third kappa shape index (κ3) is 6.51. The van der Waals surface area contributed by atoms with Crippen molar-refractivity contribution < 1.29 is 28.9 Å². The number of hydrogen-bond acceptors (Lipinski definition) is 7. The molecular weight excluding hydrogens is 472 g/mol. The second-order valence-corrected chi connectivity index (χ2v) is 8.91. The van der Waals surface area contributed by atoms with Crippen molar-refractivity contribution in [3.63, 3.8) is 0 Å². The van der Waals surface area contributed by atoms with Crippen molar-refractivity contribution in [2.24, 2.45) is 0 Å². The predicted octanol–water partition coefficient (Wildman–Crippen LogP) is 4.42. The number of aliphatic hydroxyl groups excluding tert-OH is 1. The van der Waals surface area contributed by atoms with Crippen molar-refractivity contribution in [2.75, 3.05) is 47.0 Å². The number of likely N-dealkylation sites (tertiary alicyclic amines) is 1. The lowest BCUT2D eigenvalue weighted by atomic mass is 9.95. The molecule has 37 heavy (non-hydrogen) atoms. The van der Waals surface area contributed by atoms with Gasteiger partial charge in [0, 0.05) is 18.7 Å². The number of hydrogen-bond donors (Lipinski definition) is 1. The number of carbonyl (C=O) groups is 2. The second-order valence-electron chi connectivity index (χ2n) is 8.91. The second kappa shape index (κ2) is 13.0. The molecule has 1 fully saturated rings. The normalized spacial score (nSPS) is 16.8. The maximum absolute atomic E-state index is 13.3. The number of ketones is 1. The number of likely N-dealkylation sites (N-methyl/N-ethyl adjacent to an activating group) is 1. The first kappa shape index (κ1) is 27.8. The largest absolute Gasteiger partial charge is 0.507 e. The van der Waals surface area contributed by atoms with E-state index in [-0.39, 0.29) is 11.3 Å². The van der Waals surface area contributed by atoms with Crippen LogP contribution in [0.1, 0.15) is 37.4 Å². The van der Waals surface area contributed by atoms with Crippen molar-refractivity contribution in [3.8, 4) is 17.2 Å². The molecule has 8 heteroatoms. The van der Waals surface area contributed by atoms with Gasteiger partial charge in [-0.2, -0.15) is 0 Å². The van der Waals surface area contributed by atoms with Gasteiger partial charge < -0.3 is 29.1 Å². The summed E-state index contributed by atoms with van der Waals surface area (Å²) >= 11 is 0. The summed E-state index contributed by atoms with van der Waals surface area (Å²) in [4.78, 5) is 29.9. The molecule has 1 N–H and O–H groups in total. The molecule has 1 unspecified atom stereocenters. The van der Waals surface area contributed by atoms with E-state index in [4.69, 9.17) is 14.2 Å². The van der Waals surface area contributed by atoms with Gasteiger partial charge in [0.25, 0.3) is 11.7 Å². The maximum Gasteiger partial charge on any atom is 0.295 e. The Balaban J connectivity index is 2.11. The molecule has 3 rings (SSSR count). The van der Waals surface area contributed by atoms with Gasteiger partial charge in [0.15, 0.2) is 11.5 Å². The van der Waals surface area contributed by atoms with Gasteiger partial charge in [-0.25, -0.2) is 0 Å². The number of carbonyl (C=O) groups excluding carboxylic acids is 2. The zero-order valence-electron chi connectivity index (χ0n) is 22.0. The smallest absolute Gasteiger partial charge is 0.295 e. The highest BCUT2D eigenvalue weighted by Crippen LogP contribution is 2.42. The van der Waals surface area contributed by atoms with Crippen LogP contribution in [0.5, 0.6) is 17.2 Å². The number of ether oxygens (including phenoxy) is 3. The average Bonchev–Trinajstić information content (AvgIpc) is 3.15. The first-order chi connectivity index (χ1) is 17.8. The van der Waals surface area contributed by atoms with Gasteiger partial charge in [0.1, 0.15) is 18.1 Å². The van der Waals surface area contributed by atoms with Crippen LogP contribution in [0, 0.1) is 0 Å². The Morgan fingerprint density at radius 2 is 1.78 bits per heavy atom. The van der Waals surface area contributed by atoms with E-state index in [0.717, 1.165) is 6.42 Å². The fourth-order valence-corrected chi connectivity index (χ4v) is 4.08. The Labute approximate surface area is 218 Å². The topological polar surface area (TPSA) is 88.5 Å². The lowest BCUT2D eigenvalue weighted by Crippen LogP contribution is -2.35. The number of nitrogens with zero attached hydrogens (tertiary/aromatic N) is 2. The molecule has 1 atom stereocenters. The Morgan fingerprint density at radius 3 is 2.41 bits per heavy atom. The van der Waals surface area contributed by atoms with Crippen LogP contribution in [-0.4, -0.2) is 73.6 Å². The molecule has 1 heterocycles. The zero-order chi connectivity index (χ0) is 26.9. The predicted molar refractivity (Wildman–Crippen MR) is 143 cm³/mol. The molecule has 1 amide bonds. The Kier molecular flexibility index (Phi) is 9.74. The van der Waals surface area contributed by atoms with E-state index in [1.165, 1.54) is 4.90 Å². The fraction of sp³-hybridized carbons (Fsp3) is 0.379. The van der Waals surface area contributed by atoms with Crippen LogP contribution in [0.25, 0.3) is 5.76 Å². The van der Waals surface area contributed by atoms with Crippen molar-refractivity contribution in [1.29, 1.82) is 0 Å². The Bertz CT molecular complexity index is 1140. The first-order valence-electron chi connectivity index (χ1n) is 12.5. The summed E-state index contributed by atoms with van der Waals surface area (Å²) in [6, 6.07) is 11.3. The highest BCUT2D eigenvalue weighted by Gasteiger charge is 2.46. The zero-order valence-corrected chi connectivity index (χ0v) is 22.0. The average molecular weight is 509 g/mol. The molecule has 0 bridgehead atoms. The fourth-order valence-electron chi connectivity index (χ4n) is 4.08. The molecule has 0 radical (unpaired) electrons.